The van der Waals surface area contributed by atoms with Crippen LogP contribution in [0.3, 0.4) is 0 Å². The van der Waals surface area contributed by atoms with Crippen LogP contribution in [0.1, 0.15) is 275 Å². The van der Waals surface area contributed by atoms with Crippen LogP contribution in [0.2, 0.25) is 0 Å². The lowest BCUT2D eigenvalue weighted by Crippen LogP contribution is -2.49. The molecule has 0 bridgehead atoms. The van der Waals surface area contributed by atoms with Gasteiger partial charge in [0.25, 0.3) is 5.97 Å². The van der Waals surface area contributed by atoms with Gasteiger partial charge in [-0.3, -0.25) is 0 Å². The molecule has 0 radical (unpaired) electrons. The highest BCUT2D eigenvalue weighted by Crippen LogP contribution is 2.33. The van der Waals surface area contributed by atoms with E-state index in [1.165, 1.54) is 173 Å². The first-order valence-corrected chi connectivity index (χ1v) is 25.5. The fourth-order valence-electron chi connectivity index (χ4n) is 7.78. The summed E-state index contributed by atoms with van der Waals surface area (Å²) in [6.45, 7) is 31.5. The van der Waals surface area contributed by atoms with E-state index in [-0.39, 0.29) is 5.92 Å². The van der Waals surface area contributed by atoms with Crippen molar-refractivity contribution in [3.05, 3.63) is 12.7 Å². The second kappa shape index (κ2) is 39.4. The molecule has 4 nitrogen and oxygen atoms in total. The molecule has 0 aromatic carbocycles. The van der Waals surface area contributed by atoms with E-state index in [0.29, 0.717) is 42.7 Å². The summed E-state index contributed by atoms with van der Waals surface area (Å²) in [6, 6.07) is 0. The molecule has 350 valence electrons. The average Bonchev–Trinajstić information content (AvgIpc) is 3.13. The van der Waals surface area contributed by atoms with E-state index < -0.39 is 5.97 Å². The molecule has 1 atom stereocenters. The number of ether oxygens (including phenoxy) is 4. The smallest absolute Gasteiger partial charge is 0.288 e. The second-order valence-electron chi connectivity index (χ2n) is 21.6. The maximum absolute atomic E-state index is 6.90. The van der Waals surface area contributed by atoms with Gasteiger partial charge in [-0.1, -0.05) is 229 Å². The predicted octanol–water partition coefficient (Wildman–Crippen LogP) is 18.4. The molecule has 0 N–H and O–H groups in total. The number of unbranched alkanes of at least 4 members (excludes halogenated alkanes) is 23. The van der Waals surface area contributed by atoms with E-state index >= 15 is 0 Å². The summed E-state index contributed by atoms with van der Waals surface area (Å²) < 4.78 is 26.6. The maximum Gasteiger partial charge on any atom is 0.288 e. The van der Waals surface area contributed by atoms with Gasteiger partial charge in [-0.15, -0.1) is 6.58 Å². The van der Waals surface area contributed by atoms with Crippen LogP contribution >= 0.6 is 0 Å². The lowest BCUT2D eigenvalue weighted by Gasteiger charge is -2.39. The Hall–Kier alpha value is -0.420. The van der Waals surface area contributed by atoms with Crippen molar-refractivity contribution in [2.24, 2.45) is 22.2 Å². The Bertz CT molecular complexity index is 748. The Kier molecular flexibility index (Phi) is 40.6. The molecule has 0 aromatic rings. The first-order valence-electron chi connectivity index (χ1n) is 25.5. The van der Waals surface area contributed by atoms with Gasteiger partial charge in [0.15, 0.2) is 0 Å². The summed E-state index contributed by atoms with van der Waals surface area (Å²) in [5.74, 6) is -0.927. The minimum absolute atomic E-state index is 0.0807. The van der Waals surface area contributed by atoms with Crippen molar-refractivity contribution in [3.8, 4) is 0 Å². The normalized spacial score (nSPS) is 13.1. The van der Waals surface area contributed by atoms with Gasteiger partial charge >= 0.3 is 0 Å². The number of methoxy groups -OCH3 is 1. The zero-order chi connectivity index (χ0) is 43.9. The molecule has 0 aromatic heterocycles. The zero-order valence-electron chi connectivity index (χ0n) is 42.2. The van der Waals surface area contributed by atoms with E-state index in [9.17, 15) is 0 Å². The Morgan fingerprint density at radius 1 is 0.414 bits per heavy atom. The van der Waals surface area contributed by atoms with Crippen molar-refractivity contribution >= 4 is 0 Å². The monoisotopic (exact) mass is 823 g/mol. The molecule has 0 saturated heterocycles. The van der Waals surface area contributed by atoms with Crippen LogP contribution in [0.4, 0.5) is 0 Å². The molecule has 0 amide bonds. The van der Waals surface area contributed by atoms with E-state index in [0.717, 1.165) is 25.7 Å². The highest BCUT2D eigenvalue weighted by molar-refractivity contribution is 4.74. The molecule has 0 aliphatic carbocycles. The first kappa shape index (κ1) is 59.7. The minimum Gasteiger partial charge on any atom is -0.384 e. The third-order valence-electron chi connectivity index (χ3n) is 11.4. The van der Waals surface area contributed by atoms with Crippen LogP contribution in [0.25, 0.3) is 0 Å². The molecule has 1 unspecified atom stereocenters. The van der Waals surface area contributed by atoms with Gasteiger partial charge < -0.3 is 18.9 Å². The summed E-state index contributed by atoms with van der Waals surface area (Å²) in [6.07, 6.45) is 41.4. The van der Waals surface area contributed by atoms with Crippen LogP contribution in [0.5, 0.6) is 0 Å². The van der Waals surface area contributed by atoms with E-state index in [1.807, 2.05) is 14.0 Å². The van der Waals surface area contributed by atoms with Gasteiger partial charge in [0.1, 0.15) is 0 Å². The van der Waals surface area contributed by atoms with Crippen molar-refractivity contribution in [2.45, 2.75) is 281 Å². The fraction of sp³-hybridized carbons (Fsp3) is 0.963. The van der Waals surface area contributed by atoms with Gasteiger partial charge in [0.05, 0.1) is 32.3 Å². The highest BCUT2D eigenvalue weighted by atomic mass is 16.9. The Labute approximate surface area is 367 Å². The molecular weight excluding hydrogens is 713 g/mol. The SMILES string of the molecule is C=CC.CCCCCCCCC(COC)C(OCCCCCCCCCC(C)(C)C)(OCCCCCCCCCC(C)(C)C)OCCCCCCCCCC(C)(C)C. The number of rotatable bonds is 40. The third kappa shape index (κ3) is 43.7. The summed E-state index contributed by atoms with van der Waals surface area (Å²) in [4.78, 5) is 0. The van der Waals surface area contributed by atoms with Crippen LogP contribution in [0, 0.1) is 22.2 Å². The molecule has 0 aliphatic rings. The van der Waals surface area contributed by atoms with E-state index in [1.54, 1.807) is 6.08 Å². The maximum atomic E-state index is 6.90. The first-order chi connectivity index (χ1) is 27.6. The van der Waals surface area contributed by atoms with Gasteiger partial charge in [-0.2, -0.15) is 0 Å². The zero-order valence-corrected chi connectivity index (χ0v) is 42.2. The average molecular weight is 823 g/mol. The molecule has 0 spiro atoms. The number of hydrogen-bond acceptors (Lipinski definition) is 4. The van der Waals surface area contributed by atoms with Crippen molar-refractivity contribution in [2.75, 3.05) is 33.5 Å². The van der Waals surface area contributed by atoms with Crippen molar-refractivity contribution in [1.29, 1.82) is 0 Å². The third-order valence-corrected chi connectivity index (χ3v) is 11.4. The van der Waals surface area contributed by atoms with Crippen LogP contribution in [-0.2, 0) is 18.9 Å². The Morgan fingerprint density at radius 2 is 0.672 bits per heavy atom. The van der Waals surface area contributed by atoms with Crippen LogP contribution < -0.4 is 0 Å². The van der Waals surface area contributed by atoms with Gasteiger partial charge in [0, 0.05) is 7.11 Å². The summed E-state index contributed by atoms with van der Waals surface area (Å²) in [5, 5.41) is 0. The molecule has 0 saturated carbocycles. The Balaban J connectivity index is 0. The predicted molar refractivity (Wildman–Crippen MR) is 259 cm³/mol. The lowest BCUT2D eigenvalue weighted by molar-refractivity contribution is -0.409. The van der Waals surface area contributed by atoms with Crippen LogP contribution in [-0.4, -0.2) is 39.5 Å². The summed E-state index contributed by atoms with van der Waals surface area (Å²) >= 11 is 0. The molecule has 0 aliphatic heterocycles. The Morgan fingerprint density at radius 3 is 0.948 bits per heavy atom. The number of hydrogen-bond donors (Lipinski definition) is 0. The number of allylic oxidation sites excluding steroid dienone is 1. The topological polar surface area (TPSA) is 36.9 Å². The van der Waals surface area contributed by atoms with Crippen molar-refractivity contribution < 1.29 is 18.9 Å². The second-order valence-corrected chi connectivity index (χ2v) is 21.6. The lowest BCUT2D eigenvalue weighted by atomic mass is 9.89. The fourth-order valence-corrected chi connectivity index (χ4v) is 7.78. The van der Waals surface area contributed by atoms with Gasteiger partial charge in [0.2, 0.25) is 0 Å². The van der Waals surface area contributed by atoms with E-state index in [2.05, 4.69) is 75.8 Å². The summed E-state index contributed by atoms with van der Waals surface area (Å²) in [5.41, 5.74) is 1.38. The molecule has 0 rings (SSSR count). The van der Waals surface area contributed by atoms with Crippen LogP contribution in [0.15, 0.2) is 12.7 Å². The minimum atomic E-state index is -1.01. The molecule has 58 heavy (non-hydrogen) atoms. The quantitative estimate of drug-likeness (QED) is 0.0350. The van der Waals surface area contributed by atoms with Crippen molar-refractivity contribution in [3.63, 3.8) is 0 Å². The van der Waals surface area contributed by atoms with Gasteiger partial charge in [-0.05, 0) is 68.1 Å². The van der Waals surface area contributed by atoms with E-state index in [4.69, 9.17) is 18.9 Å². The molecule has 0 fully saturated rings. The summed E-state index contributed by atoms with van der Waals surface area (Å²) in [7, 11) is 1.84. The molecule has 0 heterocycles. The molecular formula is C54H110O4. The molecule has 4 heteroatoms. The standard InChI is InChI=1S/C51H104O4.C3H6/c1-12-13-14-15-25-32-39-47(46-52-11)51(53-43-36-29-22-16-19-26-33-40-48(2,3)4,54-44-37-30-23-17-20-27-34-41-49(5,6)7)55-45-38-31-24-18-21-28-35-42-50(8,9)10;1-3-2/h47H,12-46H2,1-11H3;3H,1H2,2H3. The highest BCUT2D eigenvalue weighted by Gasteiger charge is 2.42. The van der Waals surface area contributed by atoms with Crippen molar-refractivity contribution in [1.82, 2.24) is 0 Å². The largest absolute Gasteiger partial charge is 0.384 e. The van der Waals surface area contributed by atoms with Gasteiger partial charge in [-0.25, -0.2) is 0 Å².